The Morgan fingerprint density at radius 1 is 1.04 bits per heavy atom. The molecule has 0 unspecified atom stereocenters. The van der Waals surface area contributed by atoms with Gasteiger partial charge in [-0.2, -0.15) is 5.26 Å². The number of hydrogen-bond donors (Lipinski definition) is 0. The Bertz CT molecular complexity index is 1250. The Morgan fingerprint density at radius 2 is 1.70 bits per heavy atom. The summed E-state index contributed by atoms with van der Waals surface area (Å²) in [6.07, 6.45) is 0. The number of benzene rings is 2. The second kappa shape index (κ2) is 6.62. The molecule has 0 atom stereocenters. The summed E-state index contributed by atoms with van der Waals surface area (Å²) < 4.78 is 10.9. The van der Waals surface area contributed by atoms with Crippen molar-refractivity contribution in [3.63, 3.8) is 0 Å². The van der Waals surface area contributed by atoms with Gasteiger partial charge in [-0.05, 0) is 29.3 Å². The summed E-state index contributed by atoms with van der Waals surface area (Å²) in [5.74, 6) is 0.0399. The molecule has 0 fully saturated rings. The molecule has 4 nitrogen and oxygen atoms in total. The van der Waals surface area contributed by atoms with Gasteiger partial charge in [0.1, 0.15) is 17.4 Å². The first-order valence-corrected chi connectivity index (χ1v) is 8.72. The zero-order valence-electron chi connectivity index (χ0n) is 15.1. The van der Waals surface area contributed by atoms with Crippen molar-refractivity contribution in [2.24, 2.45) is 0 Å². The molecule has 0 spiro atoms. The summed E-state index contributed by atoms with van der Waals surface area (Å²) in [7, 11) is 1.61. The van der Waals surface area contributed by atoms with E-state index >= 15 is 0 Å². The Labute approximate surface area is 156 Å². The fraction of sp³-hybridized carbons (Fsp3) is 0.130. The summed E-state index contributed by atoms with van der Waals surface area (Å²) >= 11 is 0. The molecule has 132 valence electrons. The van der Waals surface area contributed by atoms with Crippen LogP contribution in [0.1, 0.15) is 6.92 Å². The number of methoxy groups -OCH3 is 1. The second-order valence-electron chi connectivity index (χ2n) is 6.18. The number of ether oxygens (including phenoxy) is 2. The van der Waals surface area contributed by atoms with E-state index in [0.717, 1.165) is 32.7 Å². The third kappa shape index (κ3) is 2.48. The number of esters is 1. The van der Waals surface area contributed by atoms with E-state index in [1.165, 1.54) is 0 Å². The van der Waals surface area contributed by atoms with Gasteiger partial charge in [-0.15, -0.1) is 0 Å². The average molecular weight is 355 g/mol. The van der Waals surface area contributed by atoms with Gasteiger partial charge in [0.05, 0.1) is 13.7 Å². The van der Waals surface area contributed by atoms with Crippen LogP contribution in [0.4, 0.5) is 0 Å². The van der Waals surface area contributed by atoms with Crippen LogP contribution in [0, 0.1) is 11.3 Å². The van der Waals surface area contributed by atoms with Crippen molar-refractivity contribution in [2.75, 3.05) is 13.7 Å². The molecule has 0 saturated carbocycles. The van der Waals surface area contributed by atoms with E-state index in [-0.39, 0.29) is 12.2 Å². The number of fused-ring (bicyclic) bond motifs is 2. The molecule has 4 heteroatoms. The predicted octanol–water partition coefficient (Wildman–Crippen LogP) is 4.06. The number of carbonyl (C=O) groups excluding carboxylic acids is 1. The first kappa shape index (κ1) is 16.9. The molecule has 0 bridgehead atoms. The van der Waals surface area contributed by atoms with E-state index in [2.05, 4.69) is 12.1 Å². The molecule has 4 rings (SSSR count). The number of carbonyl (C=O) groups is 1. The van der Waals surface area contributed by atoms with Crippen LogP contribution in [0.3, 0.4) is 0 Å². The van der Waals surface area contributed by atoms with E-state index in [9.17, 15) is 10.1 Å². The minimum Gasteiger partial charge on any atom is -0.495 e. The lowest BCUT2D eigenvalue weighted by Crippen LogP contribution is -2.14. The van der Waals surface area contributed by atoms with Crippen molar-refractivity contribution in [1.29, 1.82) is 5.26 Å². The molecule has 0 radical (unpaired) electrons. The van der Waals surface area contributed by atoms with Gasteiger partial charge in [0.2, 0.25) is 0 Å². The lowest BCUT2D eigenvalue weighted by Gasteiger charge is -2.12. The van der Waals surface area contributed by atoms with Crippen molar-refractivity contribution in [2.45, 2.75) is 6.92 Å². The Morgan fingerprint density at radius 3 is 2.37 bits per heavy atom. The highest BCUT2D eigenvalue weighted by Gasteiger charge is 2.23. The van der Waals surface area contributed by atoms with Crippen LogP contribution < -0.4 is 9.96 Å². The molecule has 0 N–H and O–H groups in total. The van der Waals surface area contributed by atoms with Gasteiger partial charge >= 0.3 is 5.97 Å². The van der Waals surface area contributed by atoms with Gasteiger partial charge < -0.3 is 9.47 Å². The van der Waals surface area contributed by atoms with E-state index < -0.39 is 5.97 Å². The quantitative estimate of drug-likeness (QED) is 0.520. The number of nitrogens with zero attached hydrogens (tertiary/aromatic N) is 1. The highest BCUT2D eigenvalue weighted by Crippen LogP contribution is 2.43. The minimum absolute atomic E-state index is 0.00872. The van der Waals surface area contributed by atoms with E-state index in [1.54, 1.807) is 14.0 Å². The van der Waals surface area contributed by atoms with Gasteiger partial charge in [0.15, 0.2) is 0 Å². The van der Waals surface area contributed by atoms with Crippen molar-refractivity contribution >= 4 is 33.1 Å². The molecule has 0 saturated heterocycles. The molecule has 2 aromatic rings. The molecule has 0 amide bonds. The summed E-state index contributed by atoms with van der Waals surface area (Å²) in [5, 5.41) is 14.0. The normalized spacial score (nSPS) is 12.2. The molecule has 2 aliphatic rings. The van der Waals surface area contributed by atoms with Gasteiger partial charge in [-0.1, -0.05) is 48.5 Å². The number of hydrogen-bond acceptors (Lipinski definition) is 4. The second-order valence-corrected chi connectivity index (χ2v) is 6.18. The summed E-state index contributed by atoms with van der Waals surface area (Å²) in [6, 6.07) is 19.9. The van der Waals surface area contributed by atoms with Crippen molar-refractivity contribution in [3.8, 4) is 22.9 Å². The van der Waals surface area contributed by atoms with E-state index in [0.29, 0.717) is 11.0 Å². The van der Waals surface area contributed by atoms with Crippen LogP contribution in [0.25, 0.3) is 38.2 Å². The summed E-state index contributed by atoms with van der Waals surface area (Å²) in [5.41, 5.74) is 1.91. The highest BCUT2D eigenvalue weighted by molar-refractivity contribution is 6.22. The third-order valence-corrected chi connectivity index (χ3v) is 4.78. The molecular formula is C23H17NO3. The van der Waals surface area contributed by atoms with E-state index in [4.69, 9.17) is 9.47 Å². The molecule has 0 heterocycles. The summed E-state index contributed by atoms with van der Waals surface area (Å²) in [4.78, 5) is 12.4. The first-order valence-electron chi connectivity index (χ1n) is 8.72. The molecule has 27 heavy (non-hydrogen) atoms. The molecule has 0 aromatic heterocycles. The number of nitriles is 1. The Hall–Kier alpha value is -3.58. The first-order chi connectivity index (χ1) is 13.2. The van der Waals surface area contributed by atoms with Crippen LogP contribution in [-0.4, -0.2) is 19.7 Å². The van der Waals surface area contributed by atoms with Gasteiger partial charge in [-0.3, -0.25) is 0 Å². The smallest absolute Gasteiger partial charge is 0.349 e. The van der Waals surface area contributed by atoms with Crippen LogP contribution in [0.5, 0.6) is 5.75 Å². The lowest BCUT2D eigenvalue weighted by molar-refractivity contribution is -0.136. The lowest BCUT2D eigenvalue weighted by atomic mass is 9.96. The zero-order valence-corrected chi connectivity index (χ0v) is 15.1. The minimum atomic E-state index is -0.619. The van der Waals surface area contributed by atoms with Crippen molar-refractivity contribution in [1.82, 2.24) is 0 Å². The van der Waals surface area contributed by atoms with Gasteiger partial charge in [0, 0.05) is 21.6 Å². The maximum atomic E-state index is 12.4. The maximum Gasteiger partial charge on any atom is 0.349 e. The molecule has 2 aromatic carbocycles. The highest BCUT2D eigenvalue weighted by atomic mass is 16.5. The SMILES string of the molecule is CCOC(=O)/C(C#N)=c1/cc2ccccc3c-2c1c(OC)c1ccccc13. The predicted molar refractivity (Wildman–Crippen MR) is 106 cm³/mol. The molecular weight excluding hydrogens is 338 g/mol. The van der Waals surface area contributed by atoms with Crippen molar-refractivity contribution in [3.05, 3.63) is 59.8 Å². The van der Waals surface area contributed by atoms with Gasteiger partial charge in [0.25, 0.3) is 0 Å². The maximum absolute atomic E-state index is 12.4. The monoisotopic (exact) mass is 355 g/mol. The van der Waals surface area contributed by atoms with Crippen LogP contribution in [0.2, 0.25) is 0 Å². The van der Waals surface area contributed by atoms with E-state index in [1.807, 2.05) is 48.5 Å². The third-order valence-electron chi connectivity index (χ3n) is 4.78. The Balaban J connectivity index is 2.33. The fourth-order valence-corrected chi connectivity index (χ4v) is 3.73. The molecule has 0 aliphatic heterocycles. The van der Waals surface area contributed by atoms with Crippen LogP contribution in [0.15, 0.2) is 54.6 Å². The van der Waals surface area contributed by atoms with Crippen molar-refractivity contribution < 1.29 is 14.3 Å². The fourth-order valence-electron chi connectivity index (χ4n) is 3.73. The summed E-state index contributed by atoms with van der Waals surface area (Å²) in [6.45, 7) is 1.93. The average Bonchev–Trinajstić information content (AvgIpc) is 2.91. The van der Waals surface area contributed by atoms with Crippen LogP contribution in [-0.2, 0) is 9.53 Å². The largest absolute Gasteiger partial charge is 0.495 e. The Kier molecular flexibility index (Phi) is 4.13. The van der Waals surface area contributed by atoms with Crippen LogP contribution >= 0.6 is 0 Å². The number of rotatable bonds is 3. The zero-order chi connectivity index (χ0) is 19.0. The van der Waals surface area contributed by atoms with Gasteiger partial charge in [-0.25, -0.2) is 4.79 Å². The topological polar surface area (TPSA) is 59.3 Å². The standard InChI is InChI=1S/C23H17NO3/c1-3-27-23(25)19(13-24)18-12-14-8-4-5-10-16-15-9-6-7-11-17(15)22(26-2)21(18)20(14)16/h4-12H,3H2,1-2H3/b19-18-. The molecule has 2 aliphatic carbocycles.